The number of aryl methyl sites for hydroxylation is 1. The summed E-state index contributed by atoms with van der Waals surface area (Å²) in [6.07, 6.45) is 1.84. The fourth-order valence-corrected chi connectivity index (χ4v) is 2.16. The Balaban J connectivity index is 1.86. The molecule has 0 spiro atoms. The predicted octanol–water partition coefficient (Wildman–Crippen LogP) is 1.19. The van der Waals surface area contributed by atoms with Crippen molar-refractivity contribution >= 4 is 5.91 Å². The highest BCUT2D eigenvalue weighted by atomic mass is 16.5. The van der Waals surface area contributed by atoms with Crippen LogP contribution in [0.2, 0.25) is 0 Å². The summed E-state index contributed by atoms with van der Waals surface area (Å²) < 4.78 is 10.9. The van der Waals surface area contributed by atoms with Crippen LogP contribution in [0.4, 0.5) is 0 Å². The molecule has 0 aromatic carbocycles. The van der Waals surface area contributed by atoms with E-state index < -0.39 is 0 Å². The van der Waals surface area contributed by atoms with Gasteiger partial charge >= 0.3 is 0 Å². The number of nitrogens with zero attached hydrogens (tertiary/aromatic N) is 3. The van der Waals surface area contributed by atoms with E-state index in [0.717, 1.165) is 25.1 Å². The Morgan fingerprint density at radius 1 is 1.45 bits per heavy atom. The molecule has 6 nitrogen and oxygen atoms in total. The molecule has 0 saturated carbocycles. The summed E-state index contributed by atoms with van der Waals surface area (Å²) in [6, 6.07) is 3.67. The average molecular weight is 279 g/mol. The van der Waals surface area contributed by atoms with E-state index in [0.29, 0.717) is 19.0 Å². The molecule has 1 aromatic rings. The molecule has 1 atom stereocenters. The fraction of sp³-hybridized carbons (Fsp3) is 0.643. The van der Waals surface area contributed by atoms with Gasteiger partial charge in [-0.05, 0) is 32.8 Å². The number of ether oxygens (including phenoxy) is 2. The molecule has 2 heterocycles. The third-order valence-corrected chi connectivity index (χ3v) is 3.22. The third-order valence-electron chi connectivity index (χ3n) is 3.22. The lowest BCUT2D eigenvalue weighted by Crippen LogP contribution is -2.45. The van der Waals surface area contributed by atoms with Gasteiger partial charge in [-0.2, -0.15) is 5.10 Å². The van der Waals surface area contributed by atoms with E-state index in [1.165, 1.54) is 0 Å². The predicted molar refractivity (Wildman–Crippen MR) is 73.5 cm³/mol. The van der Waals surface area contributed by atoms with Gasteiger partial charge in [-0.15, -0.1) is 5.10 Å². The molecule has 0 aliphatic carbocycles. The van der Waals surface area contributed by atoms with Crippen LogP contribution in [0.1, 0.15) is 25.5 Å². The molecule has 1 amide bonds. The normalized spacial score (nSPS) is 18.9. The van der Waals surface area contributed by atoms with Crippen LogP contribution in [-0.2, 0) is 9.53 Å². The van der Waals surface area contributed by atoms with Gasteiger partial charge in [0.05, 0.1) is 12.2 Å². The second-order valence-corrected chi connectivity index (χ2v) is 4.87. The molecule has 0 N–H and O–H groups in total. The van der Waals surface area contributed by atoms with Gasteiger partial charge in [0.15, 0.2) is 0 Å². The molecule has 0 radical (unpaired) electrons. The first-order valence-electron chi connectivity index (χ1n) is 7.01. The van der Waals surface area contributed by atoms with E-state index in [4.69, 9.17) is 9.47 Å². The van der Waals surface area contributed by atoms with Crippen molar-refractivity contribution in [2.75, 3.05) is 26.3 Å². The molecular weight excluding hydrogens is 258 g/mol. The number of amides is 1. The van der Waals surface area contributed by atoms with Crippen molar-refractivity contribution in [2.45, 2.75) is 32.8 Å². The van der Waals surface area contributed by atoms with Crippen LogP contribution in [0.15, 0.2) is 12.1 Å². The SMILES string of the molecule is CCOCC(=O)N1CCC[C@H](Oc2ccc(C)nn2)C1. The van der Waals surface area contributed by atoms with Crippen LogP contribution < -0.4 is 4.74 Å². The summed E-state index contributed by atoms with van der Waals surface area (Å²) in [4.78, 5) is 13.7. The minimum Gasteiger partial charge on any atom is -0.471 e. The second kappa shape index (κ2) is 7.19. The van der Waals surface area contributed by atoms with E-state index in [-0.39, 0.29) is 18.6 Å². The highest BCUT2D eigenvalue weighted by Crippen LogP contribution is 2.16. The molecule has 1 fully saturated rings. The van der Waals surface area contributed by atoms with Gasteiger partial charge in [0.1, 0.15) is 12.7 Å². The molecule has 0 bridgehead atoms. The number of aromatic nitrogens is 2. The zero-order valence-electron chi connectivity index (χ0n) is 12.0. The molecule has 1 aliphatic heterocycles. The first kappa shape index (κ1) is 14.7. The number of piperidine rings is 1. The van der Waals surface area contributed by atoms with Crippen LogP contribution in [0, 0.1) is 6.92 Å². The number of rotatable bonds is 5. The topological polar surface area (TPSA) is 64.5 Å². The number of carbonyl (C=O) groups excluding carboxylic acids is 1. The molecule has 110 valence electrons. The second-order valence-electron chi connectivity index (χ2n) is 4.87. The highest BCUT2D eigenvalue weighted by molar-refractivity contribution is 5.77. The summed E-state index contributed by atoms with van der Waals surface area (Å²) in [6.45, 7) is 5.82. The summed E-state index contributed by atoms with van der Waals surface area (Å²) in [5, 5.41) is 7.96. The Bertz CT molecular complexity index is 436. The average Bonchev–Trinajstić information content (AvgIpc) is 2.47. The first-order chi connectivity index (χ1) is 9.69. The van der Waals surface area contributed by atoms with Crippen LogP contribution in [0.25, 0.3) is 0 Å². The Morgan fingerprint density at radius 2 is 2.30 bits per heavy atom. The monoisotopic (exact) mass is 279 g/mol. The first-order valence-corrected chi connectivity index (χ1v) is 7.01. The van der Waals surface area contributed by atoms with Gasteiger partial charge < -0.3 is 14.4 Å². The van der Waals surface area contributed by atoms with Crippen molar-refractivity contribution in [1.82, 2.24) is 15.1 Å². The molecule has 1 saturated heterocycles. The Labute approximate surface area is 119 Å². The van der Waals surface area contributed by atoms with E-state index in [1.807, 2.05) is 26.0 Å². The standard InChI is InChI=1S/C14H21N3O3/c1-3-19-10-14(18)17-8-4-5-12(9-17)20-13-7-6-11(2)15-16-13/h6-7,12H,3-5,8-10H2,1-2H3/t12-/m0/s1. The van der Waals surface area contributed by atoms with Crippen molar-refractivity contribution in [3.63, 3.8) is 0 Å². The van der Waals surface area contributed by atoms with Crippen LogP contribution in [-0.4, -0.2) is 53.4 Å². The number of hydrogen-bond acceptors (Lipinski definition) is 5. The lowest BCUT2D eigenvalue weighted by atomic mass is 10.1. The maximum atomic E-state index is 11.9. The highest BCUT2D eigenvalue weighted by Gasteiger charge is 2.25. The fourth-order valence-electron chi connectivity index (χ4n) is 2.16. The molecule has 1 aliphatic rings. The number of likely N-dealkylation sites (tertiary alicyclic amines) is 1. The number of hydrogen-bond donors (Lipinski definition) is 0. The maximum absolute atomic E-state index is 11.9. The van der Waals surface area contributed by atoms with E-state index in [1.54, 1.807) is 4.90 Å². The molecular formula is C14H21N3O3. The van der Waals surface area contributed by atoms with Crippen molar-refractivity contribution in [2.24, 2.45) is 0 Å². The van der Waals surface area contributed by atoms with Crippen molar-refractivity contribution in [3.05, 3.63) is 17.8 Å². The molecule has 6 heteroatoms. The lowest BCUT2D eigenvalue weighted by Gasteiger charge is -2.32. The van der Waals surface area contributed by atoms with Gasteiger partial charge in [0, 0.05) is 19.2 Å². The van der Waals surface area contributed by atoms with Gasteiger partial charge in [-0.1, -0.05) is 0 Å². The molecule has 20 heavy (non-hydrogen) atoms. The van der Waals surface area contributed by atoms with E-state index in [9.17, 15) is 4.79 Å². The minimum atomic E-state index is -0.0219. The Kier molecular flexibility index (Phi) is 5.29. The zero-order valence-corrected chi connectivity index (χ0v) is 12.0. The molecule has 1 aromatic heterocycles. The van der Waals surface area contributed by atoms with Crippen LogP contribution >= 0.6 is 0 Å². The minimum absolute atomic E-state index is 0.0219. The third kappa shape index (κ3) is 4.16. The van der Waals surface area contributed by atoms with Crippen molar-refractivity contribution < 1.29 is 14.3 Å². The van der Waals surface area contributed by atoms with E-state index >= 15 is 0 Å². The summed E-state index contributed by atoms with van der Waals surface area (Å²) >= 11 is 0. The lowest BCUT2D eigenvalue weighted by molar-refractivity contribution is -0.138. The van der Waals surface area contributed by atoms with Crippen LogP contribution in [0.3, 0.4) is 0 Å². The Morgan fingerprint density at radius 3 is 3.00 bits per heavy atom. The summed E-state index contributed by atoms with van der Waals surface area (Å²) in [5.74, 6) is 0.537. The van der Waals surface area contributed by atoms with Gasteiger partial charge in [0.25, 0.3) is 0 Å². The van der Waals surface area contributed by atoms with E-state index in [2.05, 4.69) is 10.2 Å². The molecule has 2 rings (SSSR count). The smallest absolute Gasteiger partial charge is 0.248 e. The molecule has 0 unspecified atom stereocenters. The van der Waals surface area contributed by atoms with Crippen molar-refractivity contribution in [1.29, 1.82) is 0 Å². The van der Waals surface area contributed by atoms with Crippen molar-refractivity contribution in [3.8, 4) is 5.88 Å². The quantitative estimate of drug-likeness (QED) is 0.810. The van der Waals surface area contributed by atoms with Crippen LogP contribution in [0.5, 0.6) is 5.88 Å². The summed E-state index contributed by atoms with van der Waals surface area (Å²) in [7, 11) is 0. The van der Waals surface area contributed by atoms with Gasteiger partial charge in [0.2, 0.25) is 11.8 Å². The largest absolute Gasteiger partial charge is 0.471 e. The number of carbonyl (C=O) groups is 1. The van der Waals surface area contributed by atoms with Gasteiger partial charge in [-0.25, -0.2) is 0 Å². The van der Waals surface area contributed by atoms with Gasteiger partial charge in [-0.3, -0.25) is 4.79 Å². The zero-order chi connectivity index (χ0) is 14.4. The Hall–Kier alpha value is -1.69. The summed E-state index contributed by atoms with van der Waals surface area (Å²) in [5.41, 5.74) is 0.856. The maximum Gasteiger partial charge on any atom is 0.248 e.